The van der Waals surface area contributed by atoms with Crippen LogP contribution in [0.1, 0.15) is 6.42 Å². The van der Waals surface area contributed by atoms with Gasteiger partial charge in [0.25, 0.3) is 0 Å². The van der Waals surface area contributed by atoms with E-state index in [-0.39, 0.29) is 5.06 Å². The molecule has 1 heterocycles. The summed E-state index contributed by atoms with van der Waals surface area (Å²) in [5, 5.41) is 20.3. The van der Waals surface area contributed by atoms with Crippen molar-refractivity contribution in [2.75, 3.05) is 0 Å². The number of carbonyl (C=O) groups excluding carboxylic acids is 2. The van der Waals surface area contributed by atoms with Gasteiger partial charge in [-0.3, -0.25) is 4.79 Å². The Morgan fingerprint density at radius 3 is 2.67 bits per heavy atom. The van der Waals surface area contributed by atoms with Crippen LogP contribution in [0.4, 0.5) is 4.79 Å². The molecule has 1 aliphatic rings. The van der Waals surface area contributed by atoms with Crippen molar-refractivity contribution in [3.05, 3.63) is 5.21 Å². The zero-order valence-electron chi connectivity index (χ0n) is 5.81. The number of hydroxylamine groups is 2. The second kappa shape index (κ2) is 2.78. The van der Waals surface area contributed by atoms with E-state index in [2.05, 4.69) is 0 Å². The molecule has 7 heteroatoms. The van der Waals surface area contributed by atoms with Crippen LogP contribution < -0.4 is 5.32 Å². The molecule has 0 aliphatic carbocycles. The fourth-order valence-electron chi connectivity index (χ4n) is 0.779. The van der Waals surface area contributed by atoms with E-state index in [0.29, 0.717) is 0 Å². The fraction of sp³-hybridized carbons (Fsp3) is 0.400. The number of imide groups is 1. The number of carboxylic acid groups (broad SMARTS) is 1. The molecule has 1 fully saturated rings. The Labute approximate surface area is 66.5 Å². The molecule has 1 unspecified atom stereocenters. The zero-order chi connectivity index (χ0) is 9.30. The second-order valence-corrected chi connectivity index (χ2v) is 2.23. The van der Waals surface area contributed by atoms with Crippen molar-refractivity contribution < 1.29 is 19.5 Å². The molecule has 0 bridgehead atoms. The summed E-state index contributed by atoms with van der Waals surface area (Å²) in [4.78, 5) is 31.4. The molecule has 0 aromatic rings. The van der Waals surface area contributed by atoms with Gasteiger partial charge in [0.05, 0.1) is 6.42 Å². The number of aliphatic carboxylic acids is 1. The predicted octanol–water partition coefficient (Wildman–Crippen LogP) is -1.12. The van der Waals surface area contributed by atoms with Gasteiger partial charge in [-0.25, -0.2) is 9.59 Å². The van der Waals surface area contributed by atoms with Crippen LogP contribution in [0.3, 0.4) is 0 Å². The number of nitrogens with zero attached hydrogens (tertiary/aromatic N) is 1. The van der Waals surface area contributed by atoms with Crippen LogP contribution in [-0.4, -0.2) is 34.1 Å². The normalized spacial score (nSPS) is 23.8. The van der Waals surface area contributed by atoms with Crippen molar-refractivity contribution in [2.45, 2.75) is 12.5 Å². The fourth-order valence-corrected chi connectivity index (χ4v) is 0.779. The Bertz CT molecular complexity index is 232. The summed E-state index contributed by atoms with van der Waals surface area (Å²) in [5.41, 5.74) is 0. The van der Waals surface area contributed by atoms with Crippen molar-refractivity contribution >= 4 is 17.9 Å². The summed E-state index contributed by atoms with van der Waals surface area (Å²) in [6.45, 7) is 0. The number of rotatable bonds is 1. The van der Waals surface area contributed by atoms with Crippen molar-refractivity contribution in [3.63, 3.8) is 0 Å². The first-order chi connectivity index (χ1) is 5.52. The molecular formula is C5H5N2O5-. The number of hydrogen-bond acceptors (Lipinski definition) is 4. The van der Waals surface area contributed by atoms with Crippen molar-refractivity contribution in [1.82, 2.24) is 10.4 Å². The lowest BCUT2D eigenvalue weighted by molar-refractivity contribution is -0.143. The number of urea groups is 1. The van der Waals surface area contributed by atoms with E-state index in [4.69, 9.17) is 5.11 Å². The Morgan fingerprint density at radius 2 is 2.25 bits per heavy atom. The van der Waals surface area contributed by atoms with Crippen molar-refractivity contribution in [2.24, 2.45) is 0 Å². The molecule has 3 amide bonds. The smallest absolute Gasteiger partial charge is 0.326 e. The first-order valence-electron chi connectivity index (χ1n) is 3.05. The number of carboxylic acids is 1. The largest absolute Gasteiger partial charge is 0.748 e. The minimum absolute atomic E-state index is 0.389. The van der Waals surface area contributed by atoms with Gasteiger partial charge in [0.2, 0.25) is 5.91 Å². The summed E-state index contributed by atoms with van der Waals surface area (Å²) in [6, 6.07) is -2.51. The number of amides is 3. The highest BCUT2D eigenvalue weighted by Gasteiger charge is 2.30. The maximum Gasteiger partial charge on any atom is 0.326 e. The van der Waals surface area contributed by atoms with E-state index in [1.165, 1.54) is 0 Å². The van der Waals surface area contributed by atoms with Crippen LogP contribution in [-0.2, 0) is 9.59 Å². The highest BCUT2D eigenvalue weighted by atomic mass is 16.5. The SMILES string of the molecule is O=C(O)C1CC(=O)N([O-])C(=O)N1. The molecule has 0 saturated carbocycles. The second-order valence-electron chi connectivity index (χ2n) is 2.23. The summed E-state index contributed by atoms with van der Waals surface area (Å²) in [7, 11) is 0. The molecule has 1 atom stereocenters. The van der Waals surface area contributed by atoms with Crippen LogP contribution in [0.5, 0.6) is 0 Å². The first-order valence-corrected chi connectivity index (χ1v) is 3.05. The molecule has 0 aromatic heterocycles. The van der Waals surface area contributed by atoms with Crippen LogP contribution in [0.2, 0.25) is 0 Å². The van der Waals surface area contributed by atoms with Gasteiger partial charge < -0.3 is 20.7 Å². The molecule has 0 spiro atoms. The summed E-state index contributed by atoms with van der Waals surface area (Å²) >= 11 is 0. The molecular weight excluding hydrogens is 168 g/mol. The minimum atomic E-state index is -1.33. The lowest BCUT2D eigenvalue weighted by atomic mass is 10.2. The van der Waals surface area contributed by atoms with Gasteiger partial charge in [-0.1, -0.05) is 0 Å². The van der Waals surface area contributed by atoms with Crippen LogP contribution >= 0.6 is 0 Å². The van der Waals surface area contributed by atoms with E-state index < -0.39 is 30.4 Å². The third-order valence-electron chi connectivity index (χ3n) is 1.39. The standard InChI is InChI=1S/C5H5N2O5/c8-3-1-2(4(9)10)6-5(11)7(3)12/h2H,1H2,(H,6,11)(H,9,10)/q-1. The summed E-state index contributed by atoms with van der Waals surface area (Å²) in [5.74, 6) is -2.36. The van der Waals surface area contributed by atoms with Gasteiger partial charge in [0, 0.05) is 0 Å². The molecule has 0 radical (unpaired) electrons. The van der Waals surface area contributed by atoms with Crippen LogP contribution in [0.15, 0.2) is 0 Å². The Morgan fingerprint density at radius 1 is 1.67 bits per heavy atom. The van der Waals surface area contributed by atoms with Crippen molar-refractivity contribution in [3.8, 4) is 0 Å². The number of nitrogens with one attached hydrogen (secondary N) is 1. The third-order valence-corrected chi connectivity index (χ3v) is 1.39. The molecule has 66 valence electrons. The van der Waals surface area contributed by atoms with E-state index in [0.717, 1.165) is 0 Å². The van der Waals surface area contributed by atoms with E-state index in [1.54, 1.807) is 0 Å². The Hall–Kier alpha value is -1.63. The summed E-state index contributed by atoms with van der Waals surface area (Å²) in [6.07, 6.45) is -0.495. The first kappa shape index (κ1) is 8.47. The van der Waals surface area contributed by atoms with Gasteiger partial charge >= 0.3 is 12.0 Å². The molecule has 1 rings (SSSR count). The highest BCUT2D eigenvalue weighted by molar-refractivity contribution is 6.01. The maximum atomic E-state index is 10.6. The van der Waals surface area contributed by atoms with Gasteiger partial charge in [0.15, 0.2) is 0 Å². The van der Waals surface area contributed by atoms with E-state index in [1.807, 2.05) is 5.32 Å². The monoisotopic (exact) mass is 173 g/mol. The van der Waals surface area contributed by atoms with Crippen LogP contribution in [0, 0.1) is 5.21 Å². The quantitative estimate of drug-likeness (QED) is 0.521. The lowest BCUT2D eigenvalue weighted by Gasteiger charge is -2.33. The van der Waals surface area contributed by atoms with Gasteiger partial charge in [-0.15, -0.1) is 0 Å². The van der Waals surface area contributed by atoms with Gasteiger partial charge in [-0.05, 0) is 0 Å². The summed E-state index contributed by atoms with van der Waals surface area (Å²) < 4.78 is 0. The molecule has 7 nitrogen and oxygen atoms in total. The lowest BCUT2D eigenvalue weighted by Crippen LogP contribution is -2.55. The third kappa shape index (κ3) is 1.35. The minimum Gasteiger partial charge on any atom is -0.748 e. The maximum absolute atomic E-state index is 10.6. The predicted molar refractivity (Wildman–Crippen MR) is 34.8 cm³/mol. The van der Waals surface area contributed by atoms with E-state index in [9.17, 15) is 19.6 Å². The molecule has 12 heavy (non-hydrogen) atoms. The zero-order valence-corrected chi connectivity index (χ0v) is 5.81. The van der Waals surface area contributed by atoms with Crippen LogP contribution in [0.25, 0.3) is 0 Å². The Kier molecular flexibility index (Phi) is 1.96. The van der Waals surface area contributed by atoms with Crippen molar-refractivity contribution in [1.29, 1.82) is 0 Å². The average molecular weight is 173 g/mol. The number of carbonyl (C=O) groups is 3. The Balaban J connectivity index is 2.72. The molecule has 1 aliphatic heterocycles. The highest BCUT2D eigenvalue weighted by Crippen LogP contribution is 2.05. The van der Waals surface area contributed by atoms with E-state index >= 15 is 0 Å². The molecule has 2 N–H and O–H groups in total. The number of hydrogen-bond donors (Lipinski definition) is 2. The average Bonchev–Trinajstić information content (AvgIpc) is 1.99. The van der Waals surface area contributed by atoms with Gasteiger partial charge in [0.1, 0.15) is 6.04 Å². The van der Waals surface area contributed by atoms with Gasteiger partial charge in [-0.2, -0.15) is 0 Å². The topological polar surface area (TPSA) is 110 Å². The molecule has 0 aromatic carbocycles. The molecule has 1 saturated heterocycles.